The van der Waals surface area contributed by atoms with Crippen LogP contribution in [0.4, 0.5) is 5.69 Å². The van der Waals surface area contributed by atoms with E-state index >= 15 is 0 Å². The van der Waals surface area contributed by atoms with Gasteiger partial charge in [-0.2, -0.15) is 0 Å². The average molecular weight is 303 g/mol. The number of aryl methyl sites for hydroxylation is 1. The molecule has 20 heavy (non-hydrogen) atoms. The third-order valence-corrected chi connectivity index (χ3v) is 4.03. The summed E-state index contributed by atoms with van der Waals surface area (Å²) in [5.41, 5.74) is 2.00. The second-order valence-corrected chi connectivity index (χ2v) is 5.95. The molecule has 5 heteroatoms. The highest BCUT2D eigenvalue weighted by Crippen LogP contribution is 2.24. The van der Waals surface area contributed by atoms with E-state index in [1.165, 1.54) is 0 Å². The van der Waals surface area contributed by atoms with Crippen molar-refractivity contribution in [3.05, 3.63) is 48.5 Å². The largest absolute Gasteiger partial charge is 0.342 e. The minimum Gasteiger partial charge on any atom is -0.342 e. The molecule has 0 fully saturated rings. The topological polar surface area (TPSA) is 28.2 Å². The molecular weight excluding hydrogens is 286 g/mol. The molecule has 0 bridgehead atoms. The zero-order valence-corrected chi connectivity index (χ0v) is 13.1. The molecule has 0 aliphatic heterocycles. The number of thiocarbonyl (C=S) groups is 1. The van der Waals surface area contributed by atoms with E-state index in [2.05, 4.69) is 29.5 Å². The van der Waals surface area contributed by atoms with Crippen LogP contribution >= 0.6 is 23.6 Å². The number of rotatable bonds is 5. The van der Waals surface area contributed by atoms with Gasteiger partial charge in [-0.05, 0) is 37.3 Å². The monoisotopic (exact) mass is 303 g/mol. The summed E-state index contributed by atoms with van der Waals surface area (Å²) in [6.45, 7) is 10.9. The Kier molecular flexibility index (Phi) is 4.87. The van der Waals surface area contributed by atoms with E-state index in [1.54, 1.807) is 11.3 Å². The van der Waals surface area contributed by atoms with Gasteiger partial charge in [-0.1, -0.05) is 12.2 Å². The Bertz CT molecular complexity index is 636. The van der Waals surface area contributed by atoms with Gasteiger partial charge >= 0.3 is 0 Å². The lowest BCUT2D eigenvalue weighted by molar-refractivity contribution is 0.522. The molecule has 3 nitrogen and oxygen atoms in total. The van der Waals surface area contributed by atoms with E-state index in [1.807, 2.05) is 36.1 Å². The molecule has 0 amide bonds. The highest BCUT2D eigenvalue weighted by atomic mass is 32.1. The number of fused-ring (bicyclic) bond motifs is 1. The molecule has 1 aromatic heterocycles. The third-order valence-electron chi connectivity index (χ3n) is 2.73. The number of anilines is 1. The molecule has 1 N–H and O–H groups in total. The number of hydrogen-bond acceptors (Lipinski definition) is 3. The van der Waals surface area contributed by atoms with Gasteiger partial charge in [-0.25, -0.2) is 4.98 Å². The summed E-state index contributed by atoms with van der Waals surface area (Å²) < 4.78 is 1.16. The van der Waals surface area contributed by atoms with Gasteiger partial charge < -0.3 is 10.2 Å². The number of benzene rings is 1. The first-order valence-electron chi connectivity index (χ1n) is 6.29. The van der Waals surface area contributed by atoms with Gasteiger partial charge in [-0.3, -0.25) is 0 Å². The second-order valence-electron chi connectivity index (χ2n) is 4.33. The molecule has 0 unspecified atom stereocenters. The van der Waals surface area contributed by atoms with Crippen LogP contribution in [-0.2, 0) is 0 Å². The van der Waals surface area contributed by atoms with Crippen LogP contribution in [0.2, 0.25) is 0 Å². The van der Waals surface area contributed by atoms with Gasteiger partial charge in [0, 0.05) is 18.8 Å². The normalized spacial score (nSPS) is 10.2. The fourth-order valence-electron chi connectivity index (χ4n) is 1.87. The van der Waals surface area contributed by atoms with Gasteiger partial charge in [-0.15, -0.1) is 24.5 Å². The third kappa shape index (κ3) is 3.43. The molecule has 0 radical (unpaired) electrons. The predicted octanol–water partition coefficient (Wildman–Crippen LogP) is 3.98. The number of hydrogen-bond donors (Lipinski definition) is 1. The van der Waals surface area contributed by atoms with E-state index in [0.717, 1.165) is 20.9 Å². The smallest absolute Gasteiger partial charge is 0.173 e. The van der Waals surface area contributed by atoms with Crippen LogP contribution in [-0.4, -0.2) is 28.1 Å². The molecule has 1 heterocycles. The Morgan fingerprint density at radius 2 is 2.10 bits per heavy atom. The number of nitrogens with zero attached hydrogens (tertiary/aromatic N) is 2. The maximum Gasteiger partial charge on any atom is 0.173 e. The lowest BCUT2D eigenvalue weighted by Gasteiger charge is -2.23. The molecule has 0 saturated heterocycles. The maximum atomic E-state index is 5.42. The van der Waals surface area contributed by atoms with E-state index in [0.29, 0.717) is 18.2 Å². The Hall–Kier alpha value is -1.72. The first-order valence-corrected chi connectivity index (χ1v) is 7.51. The van der Waals surface area contributed by atoms with Crippen molar-refractivity contribution in [1.29, 1.82) is 0 Å². The SMILES string of the molecule is C=CCN(CC=C)C(=S)Nc1ccc2nc(C)sc2c1. The minimum atomic E-state index is 0.672. The van der Waals surface area contributed by atoms with E-state index < -0.39 is 0 Å². The van der Waals surface area contributed by atoms with Gasteiger partial charge in [0.1, 0.15) is 0 Å². The Labute approximate surface area is 128 Å². The summed E-state index contributed by atoms with van der Waals surface area (Å²) >= 11 is 7.11. The quantitative estimate of drug-likeness (QED) is 0.668. The van der Waals surface area contributed by atoms with Crippen molar-refractivity contribution in [2.45, 2.75) is 6.92 Å². The molecular formula is C15H17N3S2. The Balaban J connectivity index is 2.15. The van der Waals surface area contributed by atoms with Crippen molar-refractivity contribution >= 4 is 44.6 Å². The molecule has 104 valence electrons. The summed E-state index contributed by atoms with van der Waals surface area (Å²) in [6.07, 6.45) is 3.65. The van der Waals surface area contributed by atoms with Crippen molar-refractivity contribution in [1.82, 2.24) is 9.88 Å². The first-order chi connectivity index (χ1) is 9.63. The van der Waals surface area contributed by atoms with Gasteiger partial charge in [0.2, 0.25) is 0 Å². The van der Waals surface area contributed by atoms with E-state index in [9.17, 15) is 0 Å². The lowest BCUT2D eigenvalue weighted by Crippen LogP contribution is -2.34. The van der Waals surface area contributed by atoms with E-state index in [4.69, 9.17) is 12.2 Å². The van der Waals surface area contributed by atoms with Crippen LogP contribution in [0.25, 0.3) is 10.2 Å². The van der Waals surface area contributed by atoms with Crippen LogP contribution in [0.3, 0.4) is 0 Å². The van der Waals surface area contributed by atoms with Crippen LogP contribution in [0.1, 0.15) is 5.01 Å². The van der Waals surface area contributed by atoms with Crippen molar-refractivity contribution in [2.24, 2.45) is 0 Å². The molecule has 0 saturated carbocycles. The maximum absolute atomic E-state index is 5.42. The molecule has 0 aliphatic rings. The van der Waals surface area contributed by atoms with Crippen molar-refractivity contribution < 1.29 is 0 Å². The van der Waals surface area contributed by atoms with E-state index in [-0.39, 0.29) is 0 Å². The van der Waals surface area contributed by atoms with Gasteiger partial charge in [0.15, 0.2) is 5.11 Å². The number of nitrogens with one attached hydrogen (secondary N) is 1. The molecule has 2 rings (SSSR count). The van der Waals surface area contributed by atoms with Gasteiger partial charge in [0.05, 0.1) is 15.2 Å². The number of thiazole rings is 1. The van der Waals surface area contributed by atoms with Crippen molar-refractivity contribution in [3.63, 3.8) is 0 Å². The minimum absolute atomic E-state index is 0.672. The molecule has 1 aromatic carbocycles. The molecule has 2 aromatic rings. The zero-order chi connectivity index (χ0) is 14.5. The summed E-state index contributed by atoms with van der Waals surface area (Å²) in [4.78, 5) is 6.45. The summed E-state index contributed by atoms with van der Waals surface area (Å²) in [7, 11) is 0. The van der Waals surface area contributed by atoms with Crippen molar-refractivity contribution in [3.8, 4) is 0 Å². The summed E-state index contributed by atoms with van der Waals surface area (Å²) in [5.74, 6) is 0. The summed E-state index contributed by atoms with van der Waals surface area (Å²) in [5, 5.41) is 4.99. The van der Waals surface area contributed by atoms with Gasteiger partial charge in [0.25, 0.3) is 0 Å². The average Bonchev–Trinajstić information content (AvgIpc) is 2.77. The number of aromatic nitrogens is 1. The van der Waals surface area contributed by atoms with Crippen LogP contribution in [0.5, 0.6) is 0 Å². The predicted molar refractivity (Wildman–Crippen MR) is 92.5 cm³/mol. The van der Waals surface area contributed by atoms with Crippen molar-refractivity contribution in [2.75, 3.05) is 18.4 Å². The summed E-state index contributed by atoms with van der Waals surface area (Å²) in [6, 6.07) is 6.08. The Morgan fingerprint density at radius 3 is 2.75 bits per heavy atom. The molecule has 0 atom stereocenters. The standard InChI is InChI=1S/C15H17N3S2/c1-4-8-18(9-5-2)15(19)17-12-6-7-13-14(10-12)20-11(3)16-13/h4-7,10H,1-2,8-9H2,3H3,(H,17,19). The fraction of sp³-hybridized carbons (Fsp3) is 0.200. The van der Waals surface area contributed by atoms with Crippen LogP contribution < -0.4 is 5.32 Å². The fourth-order valence-corrected chi connectivity index (χ4v) is 3.01. The highest BCUT2D eigenvalue weighted by molar-refractivity contribution is 7.80. The molecule has 0 spiro atoms. The highest BCUT2D eigenvalue weighted by Gasteiger charge is 2.08. The lowest BCUT2D eigenvalue weighted by atomic mass is 10.3. The Morgan fingerprint density at radius 1 is 1.40 bits per heavy atom. The van der Waals surface area contributed by atoms with Crippen LogP contribution in [0, 0.1) is 6.92 Å². The molecule has 0 aliphatic carbocycles. The second kappa shape index (κ2) is 6.63. The van der Waals surface area contributed by atoms with Crippen LogP contribution in [0.15, 0.2) is 43.5 Å². The first kappa shape index (κ1) is 14.7. The zero-order valence-electron chi connectivity index (χ0n) is 11.4.